The summed E-state index contributed by atoms with van der Waals surface area (Å²) in [6.07, 6.45) is 0. The maximum absolute atomic E-state index is 13.2. The van der Waals surface area contributed by atoms with Gasteiger partial charge in [-0.3, -0.25) is 4.79 Å². The Hall–Kier alpha value is -1.33. The molecule has 0 spiro atoms. The van der Waals surface area contributed by atoms with Gasteiger partial charge in [0.2, 0.25) is 5.91 Å². The Balaban J connectivity index is 0.00000324. The molecule has 0 aliphatic heterocycles. The molecule has 0 radical (unpaired) electrons. The SMILES string of the molecule is COc1ccc(F)cc1C(C)NC(=O)C(C)CN.Cl. The summed E-state index contributed by atoms with van der Waals surface area (Å²) in [7, 11) is 1.51. The number of benzene rings is 1. The van der Waals surface area contributed by atoms with Crippen molar-refractivity contribution in [1.82, 2.24) is 5.32 Å². The second kappa shape index (κ2) is 7.96. The van der Waals surface area contributed by atoms with Crippen molar-refractivity contribution < 1.29 is 13.9 Å². The Morgan fingerprint density at radius 2 is 2.11 bits per heavy atom. The fourth-order valence-electron chi connectivity index (χ4n) is 1.58. The molecule has 0 aliphatic rings. The van der Waals surface area contributed by atoms with Crippen LogP contribution in [0.5, 0.6) is 5.75 Å². The van der Waals surface area contributed by atoms with E-state index in [1.54, 1.807) is 19.9 Å². The highest BCUT2D eigenvalue weighted by atomic mass is 35.5. The van der Waals surface area contributed by atoms with E-state index in [2.05, 4.69) is 5.32 Å². The van der Waals surface area contributed by atoms with Gasteiger partial charge in [0, 0.05) is 18.0 Å². The van der Waals surface area contributed by atoms with E-state index in [-0.39, 0.29) is 42.6 Å². The van der Waals surface area contributed by atoms with Gasteiger partial charge in [0.25, 0.3) is 0 Å². The molecule has 0 aliphatic carbocycles. The van der Waals surface area contributed by atoms with Crippen molar-refractivity contribution in [2.24, 2.45) is 11.7 Å². The molecular weight excluding hydrogens is 271 g/mol. The predicted octanol–water partition coefficient (Wildman–Crippen LogP) is 2.03. The van der Waals surface area contributed by atoms with Gasteiger partial charge >= 0.3 is 0 Å². The summed E-state index contributed by atoms with van der Waals surface area (Å²) in [5, 5.41) is 2.78. The molecule has 6 heteroatoms. The van der Waals surface area contributed by atoms with Crippen molar-refractivity contribution in [3.05, 3.63) is 29.6 Å². The summed E-state index contributed by atoms with van der Waals surface area (Å²) in [6.45, 7) is 3.79. The number of halogens is 2. The van der Waals surface area contributed by atoms with E-state index in [9.17, 15) is 9.18 Å². The minimum absolute atomic E-state index is 0. The van der Waals surface area contributed by atoms with Crippen molar-refractivity contribution in [3.8, 4) is 5.75 Å². The minimum atomic E-state index is -0.362. The van der Waals surface area contributed by atoms with Gasteiger partial charge in [-0.25, -0.2) is 4.39 Å². The van der Waals surface area contributed by atoms with Gasteiger partial charge in [0.15, 0.2) is 0 Å². The van der Waals surface area contributed by atoms with Crippen LogP contribution in [-0.2, 0) is 4.79 Å². The molecule has 0 aromatic heterocycles. The van der Waals surface area contributed by atoms with E-state index in [1.807, 2.05) is 0 Å². The summed E-state index contributed by atoms with van der Waals surface area (Å²) in [5.41, 5.74) is 6.03. The standard InChI is InChI=1S/C13H19FN2O2.ClH/c1-8(7-15)13(17)16-9(2)11-6-10(14)4-5-12(11)18-3;/h4-6,8-9H,7,15H2,1-3H3,(H,16,17);1H. The third-order valence-electron chi connectivity index (χ3n) is 2.82. The quantitative estimate of drug-likeness (QED) is 0.872. The number of nitrogens with two attached hydrogens (primary N) is 1. The van der Waals surface area contributed by atoms with Crippen LogP contribution in [0.15, 0.2) is 18.2 Å². The molecule has 1 aromatic rings. The lowest BCUT2D eigenvalue weighted by atomic mass is 10.1. The number of amides is 1. The van der Waals surface area contributed by atoms with Crippen LogP contribution in [0.25, 0.3) is 0 Å². The Labute approximate surface area is 118 Å². The van der Waals surface area contributed by atoms with Crippen molar-refractivity contribution >= 4 is 18.3 Å². The highest BCUT2D eigenvalue weighted by Crippen LogP contribution is 2.25. The average molecular weight is 291 g/mol. The molecule has 0 saturated heterocycles. The highest BCUT2D eigenvalue weighted by Gasteiger charge is 2.17. The Kier molecular flexibility index (Phi) is 7.41. The predicted molar refractivity (Wildman–Crippen MR) is 75.0 cm³/mol. The van der Waals surface area contributed by atoms with E-state index < -0.39 is 0 Å². The lowest BCUT2D eigenvalue weighted by Crippen LogP contribution is -2.35. The number of nitrogens with one attached hydrogen (secondary N) is 1. The molecule has 2 atom stereocenters. The number of methoxy groups -OCH3 is 1. The van der Waals surface area contributed by atoms with E-state index in [1.165, 1.54) is 19.2 Å². The first-order chi connectivity index (χ1) is 8.49. The van der Waals surface area contributed by atoms with Crippen LogP contribution in [0.3, 0.4) is 0 Å². The first-order valence-electron chi connectivity index (χ1n) is 5.83. The summed E-state index contributed by atoms with van der Waals surface area (Å²) in [5.74, 6) is -0.244. The number of ether oxygens (including phenoxy) is 1. The van der Waals surface area contributed by atoms with Crippen molar-refractivity contribution in [2.75, 3.05) is 13.7 Å². The van der Waals surface area contributed by atoms with Gasteiger partial charge in [-0.15, -0.1) is 12.4 Å². The van der Waals surface area contributed by atoms with Gasteiger partial charge in [-0.05, 0) is 25.1 Å². The van der Waals surface area contributed by atoms with Crippen LogP contribution in [0.2, 0.25) is 0 Å². The minimum Gasteiger partial charge on any atom is -0.496 e. The van der Waals surface area contributed by atoms with Crippen LogP contribution >= 0.6 is 12.4 Å². The Morgan fingerprint density at radius 1 is 1.47 bits per heavy atom. The lowest BCUT2D eigenvalue weighted by molar-refractivity contribution is -0.124. The molecule has 0 saturated carbocycles. The first kappa shape index (κ1) is 17.7. The average Bonchev–Trinajstić information content (AvgIpc) is 2.37. The number of carbonyl (C=O) groups is 1. The maximum Gasteiger partial charge on any atom is 0.224 e. The van der Waals surface area contributed by atoms with Gasteiger partial charge in [-0.1, -0.05) is 6.92 Å². The van der Waals surface area contributed by atoms with Crippen LogP contribution in [0, 0.1) is 11.7 Å². The Bertz CT molecular complexity index is 429. The molecule has 0 fully saturated rings. The van der Waals surface area contributed by atoms with E-state index in [0.717, 1.165) is 0 Å². The smallest absolute Gasteiger partial charge is 0.224 e. The molecule has 1 rings (SSSR count). The summed E-state index contributed by atoms with van der Waals surface area (Å²) in [6, 6.07) is 3.88. The molecule has 2 unspecified atom stereocenters. The van der Waals surface area contributed by atoms with Crippen LogP contribution < -0.4 is 15.8 Å². The monoisotopic (exact) mass is 290 g/mol. The largest absolute Gasteiger partial charge is 0.496 e. The molecule has 108 valence electrons. The van der Waals surface area contributed by atoms with Gasteiger partial charge in [0.1, 0.15) is 11.6 Å². The van der Waals surface area contributed by atoms with Crippen molar-refractivity contribution in [3.63, 3.8) is 0 Å². The van der Waals surface area contributed by atoms with Gasteiger partial charge < -0.3 is 15.8 Å². The fraction of sp³-hybridized carbons (Fsp3) is 0.462. The van der Waals surface area contributed by atoms with E-state index in [0.29, 0.717) is 11.3 Å². The molecule has 3 N–H and O–H groups in total. The van der Waals surface area contributed by atoms with Gasteiger partial charge in [-0.2, -0.15) is 0 Å². The topological polar surface area (TPSA) is 64.3 Å². The van der Waals surface area contributed by atoms with Crippen LogP contribution in [0.4, 0.5) is 4.39 Å². The number of rotatable bonds is 5. The second-order valence-corrected chi connectivity index (χ2v) is 4.25. The summed E-state index contributed by atoms with van der Waals surface area (Å²) >= 11 is 0. The van der Waals surface area contributed by atoms with Gasteiger partial charge in [0.05, 0.1) is 13.2 Å². The number of hydrogen-bond acceptors (Lipinski definition) is 3. The van der Waals surface area contributed by atoms with E-state index >= 15 is 0 Å². The van der Waals surface area contributed by atoms with Crippen LogP contribution in [0.1, 0.15) is 25.5 Å². The molecule has 0 bridgehead atoms. The zero-order valence-electron chi connectivity index (χ0n) is 11.3. The second-order valence-electron chi connectivity index (χ2n) is 4.25. The molecule has 19 heavy (non-hydrogen) atoms. The third-order valence-corrected chi connectivity index (χ3v) is 2.82. The molecule has 1 aromatic carbocycles. The number of hydrogen-bond donors (Lipinski definition) is 2. The van der Waals surface area contributed by atoms with Crippen LogP contribution in [-0.4, -0.2) is 19.6 Å². The normalized spacial score (nSPS) is 13.1. The lowest BCUT2D eigenvalue weighted by Gasteiger charge is -2.19. The van der Waals surface area contributed by atoms with Crippen molar-refractivity contribution in [1.29, 1.82) is 0 Å². The molecule has 0 heterocycles. The zero-order valence-corrected chi connectivity index (χ0v) is 12.1. The molecular formula is C13H20ClFN2O2. The third kappa shape index (κ3) is 4.69. The Morgan fingerprint density at radius 3 is 2.63 bits per heavy atom. The zero-order chi connectivity index (χ0) is 13.7. The van der Waals surface area contributed by atoms with E-state index in [4.69, 9.17) is 10.5 Å². The molecule has 4 nitrogen and oxygen atoms in total. The number of carbonyl (C=O) groups excluding carboxylic acids is 1. The maximum atomic E-state index is 13.2. The summed E-state index contributed by atoms with van der Waals surface area (Å²) < 4.78 is 18.4. The first-order valence-corrected chi connectivity index (χ1v) is 5.83. The summed E-state index contributed by atoms with van der Waals surface area (Å²) in [4.78, 5) is 11.7. The highest BCUT2D eigenvalue weighted by molar-refractivity contribution is 5.85. The molecule has 1 amide bonds. The van der Waals surface area contributed by atoms with Crippen molar-refractivity contribution in [2.45, 2.75) is 19.9 Å². The fourth-order valence-corrected chi connectivity index (χ4v) is 1.58.